The predicted molar refractivity (Wildman–Crippen MR) is 56.1 cm³/mol. The number of unbranched alkanes of at least 4 members (excludes halogenated alkanes) is 3. The average molecular weight is 167 g/mol. The van der Waals surface area contributed by atoms with Crippen molar-refractivity contribution in [3.05, 3.63) is 24.3 Å². The van der Waals surface area contributed by atoms with Crippen LogP contribution >= 0.6 is 0 Å². The summed E-state index contributed by atoms with van der Waals surface area (Å²) < 4.78 is 0. The van der Waals surface area contributed by atoms with Gasteiger partial charge in [0.15, 0.2) is 0 Å². The SMILES string of the molecule is C/C=C\CC/C=C/CCCCN. The summed E-state index contributed by atoms with van der Waals surface area (Å²) in [5, 5.41) is 0. The van der Waals surface area contributed by atoms with Crippen LogP contribution in [0.25, 0.3) is 0 Å². The molecule has 1 nitrogen and oxygen atoms in total. The molecule has 12 heavy (non-hydrogen) atoms. The highest BCUT2D eigenvalue weighted by Crippen LogP contribution is 1.98. The normalized spacial score (nSPS) is 11.8. The second-order valence-corrected chi connectivity index (χ2v) is 2.90. The first-order valence-corrected chi connectivity index (χ1v) is 4.88. The second-order valence-electron chi connectivity index (χ2n) is 2.90. The van der Waals surface area contributed by atoms with Crippen LogP contribution in [0, 0.1) is 0 Å². The lowest BCUT2D eigenvalue weighted by Crippen LogP contribution is -1.96. The molecule has 2 N–H and O–H groups in total. The number of hydrogen-bond donors (Lipinski definition) is 1. The molecule has 0 radical (unpaired) electrons. The molecular weight excluding hydrogens is 146 g/mol. The van der Waals surface area contributed by atoms with E-state index in [0.29, 0.717) is 0 Å². The summed E-state index contributed by atoms with van der Waals surface area (Å²) >= 11 is 0. The first kappa shape index (κ1) is 11.4. The maximum absolute atomic E-state index is 5.38. The van der Waals surface area contributed by atoms with Gasteiger partial charge in [-0.1, -0.05) is 24.3 Å². The van der Waals surface area contributed by atoms with Gasteiger partial charge in [-0.05, 0) is 45.6 Å². The number of rotatable bonds is 7. The summed E-state index contributed by atoms with van der Waals surface area (Å²) in [4.78, 5) is 0. The van der Waals surface area contributed by atoms with Crippen molar-refractivity contribution in [1.82, 2.24) is 0 Å². The summed E-state index contributed by atoms with van der Waals surface area (Å²) in [5.74, 6) is 0. The van der Waals surface area contributed by atoms with Gasteiger partial charge in [-0.3, -0.25) is 0 Å². The molecule has 0 saturated carbocycles. The van der Waals surface area contributed by atoms with Crippen LogP contribution in [0.1, 0.15) is 39.0 Å². The molecule has 0 spiro atoms. The molecule has 0 aromatic rings. The van der Waals surface area contributed by atoms with Gasteiger partial charge in [-0.15, -0.1) is 0 Å². The lowest BCUT2D eigenvalue weighted by molar-refractivity contribution is 0.757. The van der Waals surface area contributed by atoms with Crippen molar-refractivity contribution in [1.29, 1.82) is 0 Å². The first-order valence-electron chi connectivity index (χ1n) is 4.88. The van der Waals surface area contributed by atoms with E-state index >= 15 is 0 Å². The highest BCUT2D eigenvalue weighted by atomic mass is 14.5. The Kier molecular flexibility index (Phi) is 9.95. The first-order chi connectivity index (χ1) is 5.91. The van der Waals surface area contributed by atoms with E-state index in [1.165, 1.54) is 25.7 Å². The molecule has 1 heteroatoms. The van der Waals surface area contributed by atoms with Crippen molar-refractivity contribution in [2.45, 2.75) is 39.0 Å². The molecule has 0 heterocycles. The number of allylic oxidation sites excluding steroid dienone is 4. The molecule has 0 atom stereocenters. The molecule has 0 unspecified atom stereocenters. The lowest BCUT2D eigenvalue weighted by atomic mass is 10.2. The highest BCUT2D eigenvalue weighted by Gasteiger charge is 1.81. The number of hydrogen-bond acceptors (Lipinski definition) is 1. The molecular formula is C11H21N. The third-order valence-electron chi connectivity index (χ3n) is 1.73. The van der Waals surface area contributed by atoms with Gasteiger partial charge in [0.1, 0.15) is 0 Å². The summed E-state index contributed by atoms with van der Waals surface area (Å²) in [7, 11) is 0. The molecule has 0 aromatic heterocycles. The molecule has 0 aliphatic carbocycles. The van der Waals surface area contributed by atoms with Gasteiger partial charge in [0, 0.05) is 0 Å². The molecule has 0 rings (SSSR count). The topological polar surface area (TPSA) is 26.0 Å². The Balaban J connectivity index is 3.03. The van der Waals surface area contributed by atoms with Crippen molar-refractivity contribution in [3.63, 3.8) is 0 Å². The fourth-order valence-electron chi connectivity index (χ4n) is 1.00. The third-order valence-corrected chi connectivity index (χ3v) is 1.73. The molecule has 70 valence electrons. The van der Waals surface area contributed by atoms with Gasteiger partial charge in [-0.25, -0.2) is 0 Å². The van der Waals surface area contributed by atoms with Crippen molar-refractivity contribution < 1.29 is 0 Å². The van der Waals surface area contributed by atoms with E-state index in [9.17, 15) is 0 Å². The van der Waals surface area contributed by atoms with E-state index in [0.717, 1.165) is 13.0 Å². The molecule has 0 aromatic carbocycles. The van der Waals surface area contributed by atoms with Crippen LogP contribution < -0.4 is 5.73 Å². The molecule has 0 aliphatic rings. The van der Waals surface area contributed by atoms with Gasteiger partial charge in [0.25, 0.3) is 0 Å². The Labute approximate surface area is 76.3 Å². The largest absolute Gasteiger partial charge is 0.330 e. The van der Waals surface area contributed by atoms with Crippen LogP contribution in [0.2, 0.25) is 0 Å². The van der Waals surface area contributed by atoms with E-state index in [1.807, 2.05) is 0 Å². The van der Waals surface area contributed by atoms with Crippen LogP contribution in [0.5, 0.6) is 0 Å². The lowest BCUT2D eigenvalue weighted by Gasteiger charge is -1.91. The maximum atomic E-state index is 5.38. The summed E-state index contributed by atoms with van der Waals surface area (Å²) in [6, 6.07) is 0. The quantitative estimate of drug-likeness (QED) is 0.458. The van der Waals surface area contributed by atoms with Crippen LogP contribution in [0.4, 0.5) is 0 Å². The van der Waals surface area contributed by atoms with Gasteiger partial charge >= 0.3 is 0 Å². The minimum Gasteiger partial charge on any atom is -0.330 e. The second kappa shape index (κ2) is 10.4. The van der Waals surface area contributed by atoms with Crippen LogP contribution in [-0.2, 0) is 0 Å². The Bertz CT molecular complexity index is 125. The average Bonchev–Trinajstić information content (AvgIpc) is 2.10. The van der Waals surface area contributed by atoms with Crippen molar-refractivity contribution >= 4 is 0 Å². The van der Waals surface area contributed by atoms with E-state index in [-0.39, 0.29) is 0 Å². The predicted octanol–water partition coefficient (Wildman–Crippen LogP) is 3.03. The van der Waals surface area contributed by atoms with Gasteiger partial charge in [0.05, 0.1) is 0 Å². The standard InChI is InChI=1S/C11H21N/c1-2-3-4-5-6-7-8-9-10-11-12/h2-3,6-7H,4-5,8-12H2,1H3/b3-2-,7-6+. The van der Waals surface area contributed by atoms with E-state index < -0.39 is 0 Å². The zero-order valence-corrected chi connectivity index (χ0v) is 8.13. The maximum Gasteiger partial charge on any atom is -0.00772 e. The van der Waals surface area contributed by atoms with Crippen LogP contribution in [-0.4, -0.2) is 6.54 Å². The zero-order chi connectivity index (χ0) is 9.07. The Morgan fingerprint density at radius 3 is 2.25 bits per heavy atom. The number of nitrogens with two attached hydrogens (primary N) is 1. The molecule has 0 amide bonds. The fraction of sp³-hybridized carbons (Fsp3) is 0.636. The molecule has 0 saturated heterocycles. The Hall–Kier alpha value is -0.560. The van der Waals surface area contributed by atoms with Crippen LogP contribution in [0.3, 0.4) is 0 Å². The summed E-state index contributed by atoms with van der Waals surface area (Å²) in [5.41, 5.74) is 5.38. The molecule has 0 bridgehead atoms. The van der Waals surface area contributed by atoms with E-state index in [1.54, 1.807) is 0 Å². The van der Waals surface area contributed by atoms with Gasteiger partial charge in [-0.2, -0.15) is 0 Å². The summed E-state index contributed by atoms with van der Waals surface area (Å²) in [6.45, 7) is 2.89. The third kappa shape index (κ3) is 9.44. The van der Waals surface area contributed by atoms with Crippen molar-refractivity contribution in [2.24, 2.45) is 5.73 Å². The smallest absolute Gasteiger partial charge is 0.00772 e. The fourth-order valence-corrected chi connectivity index (χ4v) is 1.00. The van der Waals surface area contributed by atoms with Gasteiger partial charge in [0.2, 0.25) is 0 Å². The van der Waals surface area contributed by atoms with E-state index in [2.05, 4.69) is 31.2 Å². The van der Waals surface area contributed by atoms with Crippen LogP contribution in [0.15, 0.2) is 24.3 Å². The van der Waals surface area contributed by atoms with Gasteiger partial charge < -0.3 is 5.73 Å². The minimum atomic E-state index is 0.826. The molecule has 0 fully saturated rings. The van der Waals surface area contributed by atoms with Crippen molar-refractivity contribution in [3.8, 4) is 0 Å². The Morgan fingerprint density at radius 1 is 0.917 bits per heavy atom. The monoisotopic (exact) mass is 167 g/mol. The summed E-state index contributed by atoms with van der Waals surface area (Å²) in [6.07, 6.45) is 14.7. The van der Waals surface area contributed by atoms with Crippen molar-refractivity contribution in [2.75, 3.05) is 6.54 Å². The van der Waals surface area contributed by atoms with E-state index in [4.69, 9.17) is 5.73 Å². The Morgan fingerprint density at radius 2 is 1.58 bits per heavy atom. The minimum absolute atomic E-state index is 0.826. The zero-order valence-electron chi connectivity index (χ0n) is 8.13. The highest BCUT2D eigenvalue weighted by molar-refractivity contribution is 4.86. The molecule has 0 aliphatic heterocycles.